The molecule has 2 atom stereocenters. The third-order valence-corrected chi connectivity index (χ3v) is 7.80. The molecular weight excluding hydrogens is 480 g/mol. The maximum Gasteiger partial charge on any atom is 0.343 e. The highest BCUT2D eigenvalue weighted by atomic mass is 32.1. The average molecular weight is 509 g/mol. The van der Waals surface area contributed by atoms with Crippen molar-refractivity contribution in [3.8, 4) is 23.0 Å². The molecule has 3 aromatic rings. The number of benzene rings is 2. The Kier molecular flexibility index (Phi) is 6.49. The molecule has 0 bridgehead atoms. The molecule has 1 aliphatic carbocycles. The van der Waals surface area contributed by atoms with Crippen molar-refractivity contribution in [3.63, 3.8) is 0 Å². The Balaban J connectivity index is 1.31. The van der Waals surface area contributed by atoms with Gasteiger partial charge in [-0.25, -0.2) is 4.79 Å². The smallest absolute Gasteiger partial charge is 0.343 e. The molecule has 5 rings (SSSR count). The van der Waals surface area contributed by atoms with Gasteiger partial charge in [0, 0.05) is 4.88 Å². The molecule has 2 N–H and O–H groups in total. The van der Waals surface area contributed by atoms with Crippen molar-refractivity contribution < 1.29 is 28.5 Å². The first-order valence-corrected chi connectivity index (χ1v) is 12.6. The van der Waals surface area contributed by atoms with Crippen LogP contribution in [0, 0.1) is 5.92 Å². The summed E-state index contributed by atoms with van der Waals surface area (Å²) in [5.41, 5.74) is 3.12. The van der Waals surface area contributed by atoms with E-state index in [2.05, 4.69) is 17.6 Å². The lowest BCUT2D eigenvalue weighted by atomic mass is 9.88. The van der Waals surface area contributed by atoms with Crippen LogP contribution in [-0.2, 0) is 12.8 Å². The largest absolute Gasteiger partial charge is 0.493 e. The number of anilines is 1. The maximum atomic E-state index is 13.0. The molecular formula is C27H28N2O6S. The van der Waals surface area contributed by atoms with Gasteiger partial charge in [-0.05, 0) is 60.6 Å². The van der Waals surface area contributed by atoms with Gasteiger partial charge in [0.25, 0.3) is 5.91 Å². The quantitative estimate of drug-likeness (QED) is 0.358. The minimum Gasteiger partial charge on any atom is -0.493 e. The topological polar surface area (TPSA) is 95.1 Å². The highest BCUT2D eigenvalue weighted by Gasteiger charge is 2.33. The molecule has 2 heterocycles. The number of esters is 1. The summed E-state index contributed by atoms with van der Waals surface area (Å²) in [6, 6.07) is 10.1. The first-order chi connectivity index (χ1) is 17.4. The summed E-state index contributed by atoms with van der Waals surface area (Å²) < 4.78 is 21.5. The first kappa shape index (κ1) is 24.0. The van der Waals surface area contributed by atoms with Crippen LogP contribution in [0.5, 0.6) is 23.0 Å². The van der Waals surface area contributed by atoms with Gasteiger partial charge in [-0.3, -0.25) is 4.79 Å². The molecule has 2 aliphatic rings. The molecule has 188 valence electrons. The molecule has 36 heavy (non-hydrogen) atoms. The van der Waals surface area contributed by atoms with E-state index in [1.165, 1.54) is 31.8 Å². The first-order valence-electron chi connectivity index (χ1n) is 11.8. The molecule has 1 aromatic heterocycles. The number of thiophene rings is 1. The fourth-order valence-electron chi connectivity index (χ4n) is 4.72. The number of ether oxygens (including phenoxy) is 4. The van der Waals surface area contributed by atoms with Crippen molar-refractivity contribution >= 4 is 28.2 Å². The molecule has 0 fully saturated rings. The second-order valence-electron chi connectivity index (χ2n) is 8.98. The van der Waals surface area contributed by atoms with Crippen LogP contribution >= 0.6 is 11.3 Å². The van der Waals surface area contributed by atoms with Crippen molar-refractivity contribution in [2.45, 2.75) is 32.4 Å². The second kappa shape index (κ2) is 9.73. The molecule has 8 nitrogen and oxygen atoms in total. The number of carbonyl (C=O) groups excluding carboxylic acids is 2. The Morgan fingerprint density at radius 2 is 1.69 bits per heavy atom. The number of methoxy groups -OCH3 is 3. The van der Waals surface area contributed by atoms with Crippen LogP contribution < -0.4 is 29.6 Å². The van der Waals surface area contributed by atoms with Gasteiger partial charge >= 0.3 is 5.97 Å². The van der Waals surface area contributed by atoms with Crippen LogP contribution in [0.25, 0.3) is 0 Å². The highest BCUT2D eigenvalue weighted by molar-refractivity contribution is 7.16. The summed E-state index contributed by atoms with van der Waals surface area (Å²) in [4.78, 5) is 27.1. The van der Waals surface area contributed by atoms with Gasteiger partial charge in [0.1, 0.15) is 16.9 Å². The molecule has 0 spiro atoms. The summed E-state index contributed by atoms with van der Waals surface area (Å²) in [6.07, 6.45) is 2.73. The Morgan fingerprint density at radius 3 is 2.33 bits per heavy atom. The zero-order valence-corrected chi connectivity index (χ0v) is 21.4. The molecule has 2 aromatic carbocycles. The van der Waals surface area contributed by atoms with E-state index in [0.717, 1.165) is 35.4 Å². The maximum absolute atomic E-state index is 13.0. The zero-order chi connectivity index (χ0) is 25.4. The summed E-state index contributed by atoms with van der Waals surface area (Å²) >= 11 is 1.69. The van der Waals surface area contributed by atoms with Gasteiger partial charge in [0.2, 0.25) is 5.75 Å². The molecule has 0 unspecified atom stereocenters. The van der Waals surface area contributed by atoms with Crippen molar-refractivity contribution in [2.24, 2.45) is 5.92 Å². The number of hydrogen-bond donors (Lipinski definition) is 2. The number of hydrogen-bond acceptors (Lipinski definition) is 8. The minimum absolute atomic E-state index is 0.0429. The Bertz CT molecular complexity index is 1290. The Morgan fingerprint density at radius 1 is 1.00 bits per heavy atom. The standard InChI is InChI=1S/C27H28N2O6S/c1-14-5-10-18-21(11-14)36-26-22(18)25(30)28-24(29-26)15-6-8-17(9-7-15)35-27(31)16-12-19(32-2)23(34-4)20(13-16)33-3/h6-9,12-14,24,29H,5,10-11H2,1-4H3,(H,28,30)/t14-,24-/m1/s1. The van der Waals surface area contributed by atoms with E-state index in [4.69, 9.17) is 18.9 Å². The number of rotatable bonds is 6. The summed E-state index contributed by atoms with van der Waals surface area (Å²) in [5, 5.41) is 7.48. The zero-order valence-electron chi connectivity index (χ0n) is 20.6. The van der Waals surface area contributed by atoms with Crippen molar-refractivity contribution in [2.75, 3.05) is 26.6 Å². The lowest BCUT2D eigenvalue weighted by Crippen LogP contribution is -2.38. The van der Waals surface area contributed by atoms with E-state index < -0.39 is 5.97 Å². The fourth-order valence-corrected chi connectivity index (χ4v) is 6.16. The van der Waals surface area contributed by atoms with E-state index in [1.807, 2.05) is 12.1 Å². The SMILES string of the molecule is COc1cc(C(=O)Oc2ccc([C@@H]3NC(=O)c4c(sc5c4CC[C@@H](C)C5)N3)cc2)cc(OC)c1OC. The molecule has 1 amide bonds. The van der Waals surface area contributed by atoms with Gasteiger partial charge in [-0.15, -0.1) is 11.3 Å². The Hall–Kier alpha value is -3.72. The van der Waals surface area contributed by atoms with Crippen LogP contribution in [0.3, 0.4) is 0 Å². The highest BCUT2D eigenvalue weighted by Crippen LogP contribution is 2.43. The normalized spacial score (nSPS) is 18.3. The fraction of sp³-hybridized carbons (Fsp3) is 0.333. The molecule has 9 heteroatoms. The Labute approximate surface area is 213 Å². The van der Waals surface area contributed by atoms with Gasteiger partial charge in [-0.2, -0.15) is 0 Å². The summed E-state index contributed by atoms with van der Waals surface area (Å²) in [7, 11) is 4.47. The number of nitrogens with one attached hydrogen (secondary N) is 2. The van der Waals surface area contributed by atoms with E-state index in [1.54, 1.807) is 35.6 Å². The minimum atomic E-state index is -0.561. The molecule has 0 saturated heterocycles. The average Bonchev–Trinajstić information content (AvgIpc) is 3.25. The molecule has 0 saturated carbocycles. The number of fused-ring (bicyclic) bond motifs is 3. The third-order valence-electron chi connectivity index (χ3n) is 6.61. The van der Waals surface area contributed by atoms with Gasteiger partial charge in [0.05, 0.1) is 32.5 Å². The van der Waals surface area contributed by atoms with Crippen LogP contribution in [0.15, 0.2) is 36.4 Å². The van der Waals surface area contributed by atoms with Crippen LogP contribution in [0.2, 0.25) is 0 Å². The van der Waals surface area contributed by atoms with E-state index >= 15 is 0 Å². The molecule has 1 aliphatic heterocycles. The monoisotopic (exact) mass is 508 g/mol. The van der Waals surface area contributed by atoms with Crippen LogP contribution in [-0.4, -0.2) is 33.2 Å². The second-order valence-corrected chi connectivity index (χ2v) is 10.1. The van der Waals surface area contributed by atoms with E-state index in [9.17, 15) is 9.59 Å². The predicted octanol–water partition coefficient (Wildman–Crippen LogP) is 4.97. The van der Waals surface area contributed by atoms with Gasteiger partial charge in [-0.1, -0.05) is 19.1 Å². The summed E-state index contributed by atoms with van der Waals surface area (Å²) in [6.45, 7) is 2.26. The number of amides is 1. The van der Waals surface area contributed by atoms with Crippen LogP contribution in [0.1, 0.15) is 56.2 Å². The summed E-state index contributed by atoms with van der Waals surface area (Å²) in [5.74, 6) is 1.54. The third kappa shape index (κ3) is 4.35. The predicted molar refractivity (Wildman–Crippen MR) is 137 cm³/mol. The van der Waals surface area contributed by atoms with E-state index in [0.29, 0.717) is 28.9 Å². The van der Waals surface area contributed by atoms with Gasteiger partial charge in [0.15, 0.2) is 11.5 Å². The molecule has 0 radical (unpaired) electrons. The van der Waals surface area contributed by atoms with Gasteiger partial charge < -0.3 is 29.6 Å². The van der Waals surface area contributed by atoms with Crippen LogP contribution in [0.4, 0.5) is 5.00 Å². The van der Waals surface area contributed by atoms with Crippen molar-refractivity contribution in [3.05, 3.63) is 63.5 Å². The number of carbonyl (C=O) groups is 2. The lowest BCUT2D eigenvalue weighted by Gasteiger charge is -2.27. The van der Waals surface area contributed by atoms with Crippen molar-refractivity contribution in [1.82, 2.24) is 5.32 Å². The van der Waals surface area contributed by atoms with E-state index in [-0.39, 0.29) is 17.6 Å². The van der Waals surface area contributed by atoms with Crippen molar-refractivity contribution in [1.29, 1.82) is 0 Å². The lowest BCUT2D eigenvalue weighted by molar-refractivity contribution is 0.0733.